The minimum absolute atomic E-state index is 0.769. The van der Waals surface area contributed by atoms with Crippen LogP contribution in [0.3, 0.4) is 0 Å². The molecule has 2 aromatic carbocycles. The van der Waals surface area contributed by atoms with Gasteiger partial charge in [-0.1, -0.05) is 6.07 Å². The van der Waals surface area contributed by atoms with Gasteiger partial charge in [0.2, 0.25) is 0 Å². The highest BCUT2D eigenvalue weighted by molar-refractivity contribution is 5.88. The minimum Gasteiger partial charge on any atom is -0.497 e. The Kier molecular flexibility index (Phi) is 5.79. The molecule has 168 valence electrons. The van der Waals surface area contributed by atoms with Gasteiger partial charge in [0.15, 0.2) is 0 Å². The number of aryl methyl sites for hydroxylation is 1. The van der Waals surface area contributed by atoms with Crippen molar-refractivity contribution in [1.82, 2.24) is 25.1 Å². The molecule has 1 N–H and O–H groups in total. The molecule has 0 atom stereocenters. The highest BCUT2D eigenvalue weighted by Gasteiger charge is 2.17. The first kappa shape index (κ1) is 21.2. The molecule has 1 saturated heterocycles. The van der Waals surface area contributed by atoms with Gasteiger partial charge in [0.25, 0.3) is 0 Å². The van der Waals surface area contributed by atoms with Crippen LogP contribution in [0, 0.1) is 0 Å². The van der Waals surface area contributed by atoms with Crippen molar-refractivity contribution in [3.8, 4) is 22.8 Å². The van der Waals surface area contributed by atoms with Crippen molar-refractivity contribution < 1.29 is 9.47 Å². The second-order valence-electron chi connectivity index (χ2n) is 8.22. The minimum atomic E-state index is 0.769. The Morgan fingerprint density at radius 1 is 0.970 bits per heavy atom. The quantitative estimate of drug-likeness (QED) is 0.500. The van der Waals surface area contributed by atoms with Gasteiger partial charge in [-0.2, -0.15) is 5.10 Å². The molecule has 7 heteroatoms. The molecule has 1 aliphatic rings. The van der Waals surface area contributed by atoms with Crippen LogP contribution in [0.4, 0.5) is 0 Å². The normalized spacial score (nSPS) is 15.5. The Labute approximate surface area is 193 Å². The summed E-state index contributed by atoms with van der Waals surface area (Å²) in [6, 6.07) is 12.3. The summed E-state index contributed by atoms with van der Waals surface area (Å²) in [7, 11) is 5.26. The molecule has 0 radical (unpaired) electrons. The van der Waals surface area contributed by atoms with Crippen LogP contribution in [-0.2, 0) is 7.05 Å². The van der Waals surface area contributed by atoms with Gasteiger partial charge < -0.3 is 14.8 Å². The number of nitrogens with zero attached hydrogens (tertiary/aromatic N) is 4. The lowest BCUT2D eigenvalue weighted by Gasteiger charge is -2.22. The smallest absolute Gasteiger partial charge is 0.123 e. The highest BCUT2D eigenvalue weighted by Crippen LogP contribution is 2.35. The van der Waals surface area contributed by atoms with Gasteiger partial charge >= 0.3 is 0 Å². The van der Waals surface area contributed by atoms with E-state index >= 15 is 0 Å². The highest BCUT2D eigenvalue weighted by atomic mass is 16.5. The summed E-state index contributed by atoms with van der Waals surface area (Å²) in [5, 5.41) is 7.79. The van der Waals surface area contributed by atoms with Crippen molar-refractivity contribution in [2.24, 2.45) is 7.05 Å². The summed E-state index contributed by atoms with van der Waals surface area (Å²) < 4.78 is 12.9. The molecule has 2 aromatic heterocycles. The average molecular weight is 442 g/mol. The van der Waals surface area contributed by atoms with Gasteiger partial charge in [0.1, 0.15) is 11.5 Å². The number of nitrogens with one attached hydrogen (secondary N) is 1. The number of hydrogen-bond acceptors (Lipinski definition) is 6. The van der Waals surface area contributed by atoms with E-state index in [0.29, 0.717) is 0 Å². The zero-order valence-corrected chi connectivity index (χ0v) is 19.1. The van der Waals surface area contributed by atoms with Crippen LogP contribution in [0.1, 0.15) is 24.0 Å². The molecule has 0 unspecified atom stereocenters. The molecule has 3 heterocycles. The molecule has 5 rings (SSSR count). The van der Waals surface area contributed by atoms with E-state index in [-0.39, 0.29) is 0 Å². The number of methoxy groups -OCH3 is 2. The Morgan fingerprint density at radius 2 is 1.79 bits per heavy atom. The summed E-state index contributed by atoms with van der Waals surface area (Å²) in [6.45, 7) is 1.89. The van der Waals surface area contributed by atoms with Crippen molar-refractivity contribution in [2.75, 3.05) is 27.3 Å². The summed E-state index contributed by atoms with van der Waals surface area (Å²) >= 11 is 0. The summed E-state index contributed by atoms with van der Waals surface area (Å²) in [5.74, 6) is 1.54. The summed E-state index contributed by atoms with van der Waals surface area (Å²) in [5.41, 5.74) is 8.21. The van der Waals surface area contributed by atoms with Gasteiger partial charge in [0.05, 0.1) is 43.3 Å². The first-order chi connectivity index (χ1) is 16.1. The SMILES string of the molecule is COc1cc(OC)cc(C(=C2CCCNC2)c2ccc3ncc(-c4cnn(C)c4)nc3c2)c1. The topological polar surface area (TPSA) is 74.1 Å². The maximum atomic E-state index is 5.56. The van der Waals surface area contributed by atoms with E-state index in [0.717, 1.165) is 70.8 Å². The predicted molar refractivity (Wildman–Crippen MR) is 129 cm³/mol. The number of hydrogen-bond donors (Lipinski definition) is 1. The monoisotopic (exact) mass is 441 g/mol. The van der Waals surface area contributed by atoms with Gasteiger partial charge in [-0.3, -0.25) is 9.67 Å². The number of rotatable bonds is 5. The first-order valence-electron chi connectivity index (χ1n) is 11.1. The third-order valence-electron chi connectivity index (χ3n) is 6.00. The third kappa shape index (κ3) is 4.32. The molecular weight excluding hydrogens is 414 g/mol. The van der Waals surface area contributed by atoms with Gasteiger partial charge in [0, 0.05) is 31.4 Å². The van der Waals surface area contributed by atoms with Crippen molar-refractivity contribution in [2.45, 2.75) is 12.8 Å². The largest absolute Gasteiger partial charge is 0.497 e. The maximum Gasteiger partial charge on any atom is 0.123 e. The van der Waals surface area contributed by atoms with Crippen LogP contribution < -0.4 is 14.8 Å². The van der Waals surface area contributed by atoms with E-state index in [4.69, 9.17) is 14.5 Å². The molecule has 0 saturated carbocycles. The van der Waals surface area contributed by atoms with E-state index in [9.17, 15) is 0 Å². The van der Waals surface area contributed by atoms with Crippen LogP contribution in [0.25, 0.3) is 27.9 Å². The number of piperidine rings is 1. The molecule has 0 aliphatic carbocycles. The number of ether oxygens (including phenoxy) is 2. The standard InChI is InChI=1S/C26H27N5O2/c1-31-16-20(14-29-31)25-15-28-23-7-6-17(11-24(23)30-25)26(18-5-4-8-27-13-18)19-9-21(32-2)12-22(10-19)33-3/h6-7,9-12,14-16,27H,4-5,8,13H2,1-3H3. The summed E-state index contributed by atoms with van der Waals surface area (Å²) in [4.78, 5) is 9.54. The Morgan fingerprint density at radius 3 is 2.45 bits per heavy atom. The van der Waals surface area contributed by atoms with E-state index in [2.05, 4.69) is 39.7 Å². The number of aromatic nitrogens is 4. The van der Waals surface area contributed by atoms with Gasteiger partial charge in [-0.05, 0) is 65.9 Å². The van der Waals surface area contributed by atoms with Crippen molar-refractivity contribution in [1.29, 1.82) is 0 Å². The van der Waals surface area contributed by atoms with E-state index in [1.165, 1.54) is 11.1 Å². The molecular formula is C26H27N5O2. The molecule has 33 heavy (non-hydrogen) atoms. The van der Waals surface area contributed by atoms with Gasteiger partial charge in [-0.15, -0.1) is 0 Å². The number of fused-ring (bicyclic) bond motifs is 1. The van der Waals surface area contributed by atoms with Crippen LogP contribution in [0.5, 0.6) is 11.5 Å². The molecule has 1 aliphatic heterocycles. The molecule has 7 nitrogen and oxygen atoms in total. The zero-order valence-electron chi connectivity index (χ0n) is 19.1. The van der Waals surface area contributed by atoms with Gasteiger partial charge in [-0.25, -0.2) is 4.98 Å². The molecule has 4 aromatic rings. The fourth-order valence-electron chi connectivity index (χ4n) is 4.35. The maximum absolute atomic E-state index is 5.56. The van der Waals surface area contributed by atoms with Crippen molar-refractivity contribution in [3.63, 3.8) is 0 Å². The Bertz CT molecular complexity index is 1310. The van der Waals surface area contributed by atoms with Crippen LogP contribution >= 0.6 is 0 Å². The summed E-state index contributed by atoms with van der Waals surface area (Å²) in [6.07, 6.45) is 7.71. The van der Waals surface area contributed by atoms with E-state index < -0.39 is 0 Å². The molecule has 0 bridgehead atoms. The number of benzene rings is 2. The Balaban J connectivity index is 1.67. The average Bonchev–Trinajstić information content (AvgIpc) is 3.30. The second-order valence-corrected chi connectivity index (χ2v) is 8.22. The second kappa shape index (κ2) is 9.03. The van der Waals surface area contributed by atoms with Crippen LogP contribution in [0.2, 0.25) is 0 Å². The van der Waals surface area contributed by atoms with Crippen LogP contribution in [0.15, 0.2) is 60.6 Å². The Hall–Kier alpha value is -3.71. The van der Waals surface area contributed by atoms with E-state index in [1.807, 2.05) is 31.6 Å². The lowest BCUT2D eigenvalue weighted by Crippen LogP contribution is -2.24. The van der Waals surface area contributed by atoms with Crippen molar-refractivity contribution >= 4 is 16.6 Å². The lowest BCUT2D eigenvalue weighted by atomic mass is 9.89. The van der Waals surface area contributed by atoms with E-state index in [1.54, 1.807) is 25.1 Å². The molecule has 1 fully saturated rings. The van der Waals surface area contributed by atoms with Crippen molar-refractivity contribution in [3.05, 3.63) is 71.7 Å². The fourth-order valence-corrected chi connectivity index (χ4v) is 4.35. The fraction of sp³-hybridized carbons (Fsp3) is 0.269. The first-order valence-corrected chi connectivity index (χ1v) is 11.1. The molecule has 0 spiro atoms. The van der Waals surface area contributed by atoms with Crippen LogP contribution in [-0.4, -0.2) is 47.1 Å². The zero-order chi connectivity index (χ0) is 22.8. The lowest BCUT2D eigenvalue weighted by molar-refractivity contribution is 0.394. The predicted octanol–water partition coefficient (Wildman–Crippen LogP) is 4.23. The third-order valence-corrected chi connectivity index (χ3v) is 6.00. The molecule has 0 amide bonds.